The Morgan fingerprint density at radius 2 is 2.18 bits per heavy atom. The molecule has 0 fully saturated rings. The Morgan fingerprint density at radius 3 is 2.76 bits per heavy atom. The van der Waals surface area contributed by atoms with Crippen LogP contribution in [0.4, 0.5) is 6.01 Å². The van der Waals surface area contributed by atoms with Crippen LogP contribution in [-0.2, 0) is 6.54 Å². The maximum absolute atomic E-state index is 5.18. The number of nitrogens with zero attached hydrogens (tertiary/aromatic N) is 5. The van der Waals surface area contributed by atoms with Crippen LogP contribution >= 0.6 is 0 Å². The molecular weight excluding hydrogens is 218 g/mol. The van der Waals surface area contributed by atoms with Crippen molar-refractivity contribution in [3.05, 3.63) is 30.1 Å². The fourth-order valence-electron chi connectivity index (χ4n) is 1.34. The highest BCUT2D eigenvalue weighted by Crippen LogP contribution is 2.16. The Hall–Kier alpha value is -1.98. The Kier molecular flexibility index (Phi) is 3.32. The zero-order valence-corrected chi connectivity index (χ0v) is 10.2. The summed E-state index contributed by atoms with van der Waals surface area (Å²) < 4.78 is 5.18. The minimum Gasteiger partial charge on any atom is -0.322 e. The fraction of sp³-hybridized carbons (Fsp3) is 0.455. The monoisotopic (exact) mass is 233 g/mol. The number of hydrogen-bond acceptors (Lipinski definition) is 6. The zero-order chi connectivity index (χ0) is 12.3. The van der Waals surface area contributed by atoms with E-state index in [0.29, 0.717) is 18.4 Å². The molecule has 6 nitrogen and oxygen atoms in total. The molecule has 0 N–H and O–H groups in total. The summed E-state index contributed by atoms with van der Waals surface area (Å²) in [6, 6.07) is 0.499. The third kappa shape index (κ3) is 2.77. The van der Waals surface area contributed by atoms with Crippen LogP contribution < -0.4 is 4.90 Å². The van der Waals surface area contributed by atoms with Gasteiger partial charge in [-0.3, -0.25) is 9.97 Å². The first-order valence-corrected chi connectivity index (χ1v) is 5.46. The van der Waals surface area contributed by atoms with E-state index in [1.165, 1.54) is 0 Å². The molecular formula is C11H15N5O. The van der Waals surface area contributed by atoms with Crippen molar-refractivity contribution in [3.63, 3.8) is 0 Å². The molecule has 0 unspecified atom stereocenters. The van der Waals surface area contributed by atoms with Crippen LogP contribution in [-0.4, -0.2) is 27.2 Å². The smallest absolute Gasteiger partial charge is 0.322 e. The van der Waals surface area contributed by atoms with Gasteiger partial charge in [-0.2, -0.15) is 4.98 Å². The maximum Gasteiger partial charge on any atom is 0.324 e. The fourth-order valence-corrected chi connectivity index (χ4v) is 1.34. The van der Waals surface area contributed by atoms with Crippen LogP contribution in [0.5, 0.6) is 0 Å². The van der Waals surface area contributed by atoms with E-state index in [-0.39, 0.29) is 5.92 Å². The lowest BCUT2D eigenvalue weighted by molar-refractivity contribution is 0.407. The Labute approximate surface area is 99.7 Å². The van der Waals surface area contributed by atoms with E-state index in [2.05, 4.69) is 20.1 Å². The van der Waals surface area contributed by atoms with Gasteiger partial charge in [-0.25, -0.2) is 0 Å². The first-order valence-electron chi connectivity index (χ1n) is 5.46. The third-order valence-electron chi connectivity index (χ3n) is 2.29. The highest BCUT2D eigenvalue weighted by atomic mass is 16.5. The third-order valence-corrected chi connectivity index (χ3v) is 2.29. The summed E-state index contributed by atoms with van der Waals surface area (Å²) in [5, 5.41) is 3.91. The Morgan fingerprint density at radius 1 is 1.35 bits per heavy atom. The molecule has 90 valence electrons. The summed E-state index contributed by atoms with van der Waals surface area (Å²) in [5.41, 5.74) is 0.860. The van der Waals surface area contributed by atoms with Gasteiger partial charge in [0.1, 0.15) is 0 Å². The lowest BCUT2D eigenvalue weighted by Crippen LogP contribution is -2.17. The van der Waals surface area contributed by atoms with Crippen LogP contribution in [0.1, 0.15) is 31.3 Å². The average Bonchev–Trinajstić information content (AvgIpc) is 2.79. The van der Waals surface area contributed by atoms with Gasteiger partial charge >= 0.3 is 6.01 Å². The molecule has 0 atom stereocenters. The van der Waals surface area contributed by atoms with Gasteiger partial charge < -0.3 is 9.42 Å². The SMILES string of the molecule is CC(C)c1noc(N(C)Cc2cnccn2)n1. The number of anilines is 1. The van der Waals surface area contributed by atoms with Crippen molar-refractivity contribution < 1.29 is 4.52 Å². The maximum atomic E-state index is 5.18. The molecule has 0 aliphatic carbocycles. The first-order chi connectivity index (χ1) is 8.16. The molecule has 0 aliphatic rings. The van der Waals surface area contributed by atoms with E-state index < -0.39 is 0 Å². The summed E-state index contributed by atoms with van der Waals surface area (Å²) in [6.07, 6.45) is 5.03. The van der Waals surface area contributed by atoms with Gasteiger partial charge in [-0.05, 0) is 0 Å². The van der Waals surface area contributed by atoms with Crippen molar-refractivity contribution in [2.24, 2.45) is 0 Å². The molecule has 2 rings (SSSR count). The highest BCUT2D eigenvalue weighted by Gasteiger charge is 2.13. The second-order valence-corrected chi connectivity index (χ2v) is 4.14. The number of aromatic nitrogens is 4. The second kappa shape index (κ2) is 4.90. The molecule has 0 bridgehead atoms. The van der Waals surface area contributed by atoms with Crippen LogP contribution in [0.2, 0.25) is 0 Å². The van der Waals surface area contributed by atoms with Gasteiger partial charge in [-0.15, -0.1) is 0 Å². The largest absolute Gasteiger partial charge is 0.324 e. The lowest BCUT2D eigenvalue weighted by Gasteiger charge is -2.12. The van der Waals surface area contributed by atoms with Crippen molar-refractivity contribution in [2.75, 3.05) is 11.9 Å². The predicted octanol–water partition coefficient (Wildman–Crippen LogP) is 1.62. The minimum absolute atomic E-state index is 0.261. The van der Waals surface area contributed by atoms with Crippen molar-refractivity contribution >= 4 is 6.01 Å². The molecule has 0 aliphatic heterocycles. The van der Waals surface area contributed by atoms with E-state index >= 15 is 0 Å². The molecule has 17 heavy (non-hydrogen) atoms. The number of hydrogen-bond donors (Lipinski definition) is 0. The highest BCUT2D eigenvalue weighted by molar-refractivity contribution is 5.24. The van der Waals surface area contributed by atoms with E-state index in [4.69, 9.17) is 4.52 Å². The molecule has 0 saturated carbocycles. The average molecular weight is 233 g/mol. The summed E-state index contributed by atoms with van der Waals surface area (Å²) in [7, 11) is 1.88. The van der Waals surface area contributed by atoms with Crippen LogP contribution in [0.15, 0.2) is 23.1 Å². The summed E-state index contributed by atoms with van der Waals surface area (Å²) >= 11 is 0. The molecule has 6 heteroatoms. The molecule has 0 saturated heterocycles. The molecule has 0 radical (unpaired) electrons. The van der Waals surface area contributed by atoms with Crippen molar-refractivity contribution in [3.8, 4) is 0 Å². The van der Waals surface area contributed by atoms with Crippen LogP contribution in [0, 0.1) is 0 Å². The topological polar surface area (TPSA) is 67.9 Å². The van der Waals surface area contributed by atoms with Gasteiger partial charge in [0.25, 0.3) is 0 Å². The van der Waals surface area contributed by atoms with Gasteiger partial charge in [0, 0.05) is 25.4 Å². The van der Waals surface area contributed by atoms with Crippen LogP contribution in [0.25, 0.3) is 0 Å². The summed E-state index contributed by atoms with van der Waals surface area (Å²) in [5.74, 6) is 0.975. The molecule has 0 aromatic carbocycles. The Bertz CT molecular complexity index is 468. The van der Waals surface area contributed by atoms with Crippen molar-refractivity contribution in [2.45, 2.75) is 26.3 Å². The molecule has 0 amide bonds. The van der Waals surface area contributed by atoms with Gasteiger partial charge in [0.2, 0.25) is 0 Å². The second-order valence-electron chi connectivity index (χ2n) is 4.14. The van der Waals surface area contributed by atoms with Gasteiger partial charge in [0.15, 0.2) is 5.82 Å². The molecule has 2 aromatic heterocycles. The lowest BCUT2D eigenvalue weighted by atomic mass is 10.2. The molecule has 2 aromatic rings. The van der Waals surface area contributed by atoms with Crippen LogP contribution in [0.3, 0.4) is 0 Å². The number of rotatable bonds is 4. The first kappa shape index (κ1) is 11.5. The van der Waals surface area contributed by atoms with E-state index in [1.807, 2.05) is 25.8 Å². The summed E-state index contributed by atoms with van der Waals surface area (Å²) in [4.78, 5) is 14.4. The normalized spacial score (nSPS) is 10.8. The Balaban J connectivity index is 2.07. The molecule has 2 heterocycles. The predicted molar refractivity (Wildman–Crippen MR) is 62.5 cm³/mol. The van der Waals surface area contributed by atoms with E-state index in [0.717, 1.165) is 5.69 Å². The van der Waals surface area contributed by atoms with Crippen molar-refractivity contribution in [1.82, 2.24) is 20.1 Å². The van der Waals surface area contributed by atoms with E-state index in [1.54, 1.807) is 18.6 Å². The van der Waals surface area contributed by atoms with Crippen molar-refractivity contribution in [1.29, 1.82) is 0 Å². The van der Waals surface area contributed by atoms with E-state index in [9.17, 15) is 0 Å². The molecule has 0 spiro atoms. The van der Waals surface area contributed by atoms with Gasteiger partial charge in [0.05, 0.1) is 18.4 Å². The zero-order valence-electron chi connectivity index (χ0n) is 10.2. The minimum atomic E-state index is 0.261. The standard InChI is InChI=1S/C11H15N5O/c1-8(2)10-14-11(17-15-10)16(3)7-9-6-12-4-5-13-9/h4-6,8H,7H2,1-3H3. The van der Waals surface area contributed by atoms with Gasteiger partial charge in [-0.1, -0.05) is 19.0 Å². The quantitative estimate of drug-likeness (QED) is 0.799. The summed E-state index contributed by atoms with van der Waals surface area (Å²) in [6.45, 7) is 4.64.